The zero-order chi connectivity index (χ0) is 26.6. The Hall–Kier alpha value is -3.71. The molecule has 0 atom stereocenters. The van der Waals surface area contributed by atoms with Gasteiger partial charge in [-0.3, -0.25) is 4.79 Å². The Balaban J connectivity index is 1.70. The van der Waals surface area contributed by atoms with Crippen molar-refractivity contribution in [3.05, 3.63) is 81.9 Å². The normalized spacial score (nSPS) is 10.8. The lowest BCUT2D eigenvalue weighted by Gasteiger charge is -2.14. The molecule has 3 aromatic carbocycles. The van der Waals surface area contributed by atoms with Crippen LogP contribution in [-0.2, 0) is 6.61 Å². The van der Waals surface area contributed by atoms with Crippen LogP contribution in [0.2, 0.25) is 5.02 Å². The maximum Gasteiger partial charge on any atom is 0.271 e. The van der Waals surface area contributed by atoms with Crippen LogP contribution in [0.25, 0.3) is 0 Å². The predicted octanol–water partition coefficient (Wildman–Crippen LogP) is 6.58. The number of hydrogen-bond acceptors (Lipinski definition) is 6. The van der Waals surface area contributed by atoms with Gasteiger partial charge in [-0.05, 0) is 68.7 Å². The molecule has 37 heavy (non-hydrogen) atoms. The maximum atomic E-state index is 12.7. The highest BCUT2D eigenvalue weighted by atomic mass is 35.5. The molecule has 0 fully saturated rings. The highest BCUT2D eigenvalue weighted by Gasteiger charge is 2.14. The van der Waals surface area contributed by atoms with Crippen molar-refractivity contribution >= 4 is 23.7 Å². The Morgan fingerprint density at radius 2 is 1.62 bits per heavy atom. The zero-order valence-electron chi connectivity index (χ0n) is 21.7. The number of amides is 1. The molecule has 7 nitrogen and oxygen atoms in total. The van der Waals surface area contributed by atoms with E-state index in [0.717, 1.165) is 12.0 Å². The summed E-state index contributed by atoms with van der Waals surface area (Å²) in [5, 5.41) is 4.47. The molecule has 0 aliphatic rings. The second-order valence-electron chi connectivity index (χ2n) is 8.18. The molecule has 8 heteroatoms. The molecule has 1 amide bonds. The standard InChI is InChI=1S/C29H33ClN2O5/c1-5-14-36-25-13-12-23(17-26(25)34-6-2)29(33)32-31-18-22-15-24(30)28(27(16-22)35-7-3)37-19-21-10-8-20(4)9-11-21/h8-13,15-18H,5-7,14,19H2,1-4H3,(H,32,33)/b31-18+. The van der Waals surface area contributed by atoms with Gasteiger partial charge < -0.3 is 18.9 Å². The minimum absolute atomic E-state index is 0.357. The van der Waals surface area contributed by atoms with Crippen molar-refractivity contribution in [2.45, 2.75) is 40.7 Å². The third kappa shape index (κ3) is 8.15. The number of nitrogens with zero attached hydrogens (tertiary/aromatic N) is 1. The summed E-state index contributed by atoms with van der Waals surface area (Å²) in [6, 6.07) is 16.6. The first-order valence-corrected chi connectivity index (χ1v) is 12.7. The van der Waals surface area contributed by atoms with E-state index < -0.39 is 0 Å². The summed E-state index contributed by atoms with van der Waals surface area (Å²) < 4.78 is 23.0. The fraction of sp³-hybridized carbons (Fsp3) is 0.310. The van der Waals surface area contributed by atoms with E-state index in [4.69, 9.17) is 30.5 Å². The number of halogens is 1. The van der Waals surface area contributed by atoms with E-state index in [1.807, 2.05) is 52.0 Å². The Morgan fingerprint density at radius 3 is 2.32 bits per heavy atom. The Morgan fingerprint density at radius 1 is 0.892 bits per heavy atom. The number of carbonyl (C=O) groups is 1. The fourth-order valence-corrected chi connectivity index (χ4v) is 3.66. The molecular formula is C29H33ClN2O5. The molecule has 0 bridgehead atoms. The molecule has 0 aliphatic carbocycles. The molecule has 196 valence electrons. The third-order valence-electron chi connectivity index (χ3n) is 5.18. The summed E-state index contributed by atoms with van der Waals surface area (Å²) in [7, 11) is 0. The highest BCUT2D eigenvalue weighted by molar-refractivity contribution is 6.32. The molecule has 0 unspecified atom stereocenters. The van der Waals surface area contributed by atoms with Crippen LogP contribution in [0.4, 0.5) is 0 Å². The maximum absolute atomic E-state index is 12.7. The van der Waals surface area contributed by atoms with Crippen LogP contribution in [0.5, 0.6) is 23.0 Å². The fourth-order valence-electron chi connectivity index (χ4n) is 3.38. The van der Waals surface area contributed by atoms with Crippen molar-refractivity contribution in [1.29, 1.82) is 0 Å². The van der Waals surface area contributed by atoms with Crippen molar-refractivity contribution in [2.75, 3.05) is 19.8 Å². The quantitative estimate of drug-likeness (QED) is 0.202. The highest BCUT2D eigenvalue weighted by Crippen LogP contribution is 2.37. The smallest absolute Gasteiger partial charge is 0.271 e. The number of nitrogens with one attached hydrogen (secondary N) is 1. The van der Waals surface area contributed by atoms with Gasteiger partial charge in [0.15, 0.2) is 23.0 Å². The summed E-state index contributed by atoms with van der Waals surface area (Å²) in [4.78, 5) is 12.7. The monoisotopic (exact) mass is 524 g/mol. The van der Waals surface area contributed by atoms with Gasteiger partial charge in [0.2, 0.25) is 0 Å². The first kappa shape index (κ1) is 27.9. The van der Waals surface area contributed by atoms with Crippen molar-refractivity contribution in [2.24, 2.45) is 5.10 Å². The average Bonchev–Trinajstić information content (AvgIpc) is 2.88. The lowest BCUT2D eigenvalue weighted by atomic mass is 10.1. The topological polar surface area (TPSA) is 78.4 Å². The number of carbonyl (C=O) groups excluding carboxylic acids is 1. The molecule has 3 rings (SSSR count). The molecule has 0 saturated heterocycles. The van der Waals surface area contributed by atoms with E-state index in [-0.39, 0.29) is 5.91 Å². The summed E-state index contributed by atoms with van der Waals surface area (Å²) in [6.07, 6.45) is 2.37. The lowest BCUT2D eigenvalue weighted by Crippen LogP contribution is -2.17. The molecule has 0 aliphatic heterocycles. The summed E-state index contributed by atoms with van der Waals surface area (Å²) in [5.74, 6) is 1.69. The Kier molecular flexibility index (Phi) is 10.6. The van der Waals surface area contributed by atoms with E-state index >= 15 is 0 Å². The van der Waals surface area contributed by atoms with Gasteiger partial charge in [0.25, 0.3) is 5.91 Å². The van der Waals surface area contributed by atoms with E-state index in [2.05, 4.69) is 10.5 Å². The molecule has 0 radical (unpaired) electrons. The van der Waals surface area contributed by atoms with Gasteiger partial charge in [0.1, 0.15) is 6.61 Å². The number of aryl methyl sites for hydroxylation is 1. The third-order valence-corrected chi connectivity index (χ3v) is 5.46. The summed E-state index contributed by atoms with van der Waals surface area (Å²) >= 11 is 6.52. The molecule has 0 spiro atoms. The van der Waals surface area contributed by atoms with Crippen LogP contribution in [0, 0.1) is 6.92 Å². The minimum Gasteiger partial charge on any atom is -0.490 e. The minimum atomic E-state index is -0.381. The van der Waals surface area contributed by atoms with Gasteiger partial charge in [-0.1, -0.05) is 48.4 Å². The molecule has 0 aromatic heterocycles. The van der Waals surface area contributed by atoms with Gasteiger partial charge in [-0.2, -0.15) is 5.10 Å². The number of hydrazone groups is 1. The van der Waals surface area contributed by atoms with E-state index in [1.54, 1.807) is 30.3 Å². The van der Waals surface area contributed by atoms with E-state index in [1.165, 1.54) is 11.8 Å². The van der Waals surface area contributed by atoms with Crippen LogP contribution in [0.1, 0.15) is 54.2 Å². The van der Waals surface area contributed by atoms with Gasteiger partial charge >= 0.3 is 0 Å². The SMILES string of the molecule is CCCOc1ccc(C(=O)N/N=C/c2cc(Cl)c(OCc3ccc(C)cc3)c(OCC)c2)cc1OCC. The molecule has 0 heterocycles. The van der Waals surface area contributed by atoms with Crippen LogP contribution in [0.15, 0.2) is 59.7 Å². The molecule has 1 N–H and O–H groups in total. The first-order chi connectivity index (χ1) is 17.9. The number of ether oxygens (including phenoxy) is 4. The Bertz CT molecular complexity index is 1210. The first-order valence-electron chi connectivity index (χ1n) is 12.3. The van der Waals surface area contributed by atoms with Crippen molar-refractivity contribution in [3.8, 4) is 23.0 Å². The van der Waals surface area contributed by atoms with Gasteiger partial charge in [-0.15, -0.1) is 0 Å². The van der Waals surface area contributed by atoms with Crippen molar-refractivity contribution in [1.82, 2.24) is 5.43 Å². The second kappa shape index (κ2) is 14.1. The van der Waals surface area contributed by atoms with E-state index in [0.29, 0.717) is 65.6 Å². The number of rotatable bonds is 13. The van der Waals surface area contributed by atoms with Gasteiger partial charge in [-0.25, -0.2) is 5.43 Å². The average molecular weight is 525 g/mol. The van der Waals surface area contributed by atoms with E-state index in [9.17, 15) is 4.79 Å². The van der Waals surface area contributed by atoms with Gasteiger partial charge in [0.05, 0.1) is 31.1 Å². The summed E-state index contributed by atoms with van der Waals surface area (Å²) in [6.45, 7) is 9.64. The largest absolute Gasteiger partial charge is 0.490 e. The number of benzene rings is 3. The van der Waals surface area contributed by atoms with Gasteiger partial charge in [0, 0.05) is 5.56 Å². The van der Waals surface area contributed by atoms with Crippen LogP contribution in [0.3, 0.4) is 0 Å². The lowest BCUT2D eigenvalue weighted by molar-refractivity contribution is 0.0954. The van der Waals surface area contributed by atoms with Crippen LogP contribution in [-0.4, -0.2) is 31.9 Å². The summed E-state index contributed by atoms with van der Waals surface area (Å²) in [5.41, 5.74) is 5.79. The van der Waals surface area contributed by atoms with Crippen molar-refractivity contribution in [3.63, 3.8) is 0 Å². The predicted molar refractivity (Wildman–Crippen MR) is 147 cm³/mol. The van der Waals surface area contributed by atoms with Crippen molar-refractivity contribution < 1.29 is 23.7 Å². The Labute approximate surface area is 223 Å². The van der Waals surface area contributed by atoms with Crippen LogP contribution < -0.4 is 24.4 Å². The second-order valence-corrected chi connectivity index (χ2v) is 8.59. The number of hydrogen-bond donors (Lipinski definition) is 1. The van der Waals surface area contributed by atoms with Crippen LogP contribution >= 0.6 is 11.6 Å². The zero-order valence-corrected chi connectivity index (χ0v) is 22.4. The molecular weight excluding hydrogens is 492 g/mol. The molecule has 0 saturated carbocycles. The molecule has 3 aromatic rings.